The maximum absolute atomic E-state index is 13.3. The summed E-state index contributed by atoms with van der Waals surface area (Å²) < 4.78 is 0. The number of hydrogen-bond donors (Lipinski definition) is 1. The molecule has 0 aromatic rings. The minimum atomic E-state index is -1.00. The molecule has 0 saturated heterocycles. The number of rotatable bonds is 14. The molecule has 0 aliphatic heterocycles. The van der Waals surface area contributed by atoms with Crippen molar-refractivity contribution in [3.8, 4) is 0 Å². The second kappa shape index (κ2) is 12.4. The Morgan fingerprint density at radius 3 is 1.10 bits per heavy atom. The molecule has 0 aromatic carbocycles. The van der Waals surface area contributed by atoms with Crippen molar-refractivity contribution in [2.24, 2.45) is 53.3 Å². The van der Waals surface area contributed by atoms with E-state index < -0.39 is 29.6 Å². The Hall–Kier alpha value is -1.52. The average molecular weight is 425 g/mol. The highest BCUT2D eigenvalue weighted by molar-refractivity contribution is 6.03. The van der Waals surface area contributed by atoms with Gasteiger partial charge in [-0.15, -0.1) is 0 Å². The number of ketones is 3. The third kappa shape index (κ3) is 7.96. The lowest BCUT2D eigenvalue weighted by atomic mass is 9.69. The van der Waals surface area contributed by atoms with Gasteiger partial charge in [0, 0.05) is 24.2 Å². The highest BCUT2D eigenvalue weighted by Gasteiger charge is 2.42. The number of hydrogen-bond acceptors (Lipinski definition) is 4. The van der Waals surface area contributed by atoms with Crippen molar-refractivity contribution in [2.45, 2.75) is 82.1 Å². The molecule has 0 aliphatic rings. The van der Waals surface area contributed by atoms with Gasteiger partial charge in [-0.1, -0.05) is 69.2 Å². The smallest absolute Gasteiger partial charge is 0.307 e. The SMILES string of the molecule is CC(C)CC(=O)C(C(C)C)C(C(=O)CC(=O)C(C(C)C)C(C(=O)O)C(C)C)C(C)C. The van der Waals surface area contributed by atoms with Gasteiger partial charge in [-0.3, -0.25) is 19.2 Å². The first-order valence-corrected chi connectivity index (χ1v) is 11.4. The molecule has 4 atom stereocenters. The fourth-order valence-corrected chi connectivity index (χ4v) is 4.76. The third-order valence-electron chi connectivity index (χ3n) is 6.01. The van der Waals surface area contributed by atoms with Crippen molar-refractivity contribution in [1.82, 2.24) is 0 Å². The summed E-state index contributed by atoms with van der Waals surface area (Å²) in [6, 6.07) is 0. The first-order chi connectivity index (χ1) is 13.6. The van der Waals surface area contributed by atoms with Crippen molar-refractivity contribution in [3.05, 3.63) is 0 Å². The molecule has 0 aliphatic carbocycles. The summed E-state index contributed by atoms with van der Waals surface area (Å²) in [5.41, 5.74) is 0. The average Bonchev–Trinajstić information content (AvgIpc) is 2.53. The van der Waals surface area contributed by atoms with Crippen molar-refractivity contribution >= 4 is 23.3 Å². The molecular weight excluding hydrogens is 380 g/mol. The number of carbonyl (C=O) groups is 4. The van der Waals surface area contributed by atoms with E-state index >= 15 is 0 Å². The molecule has 0 radical (unpaired) electrons. The van der Waals surface area contributed by atoms with Gasteiger partial charge in [-0.25, -0.2) is 0 Å². The second-order valence-corrected chi connectivity index (χ2v) is 10.6. The molecule has 0 aromatic heterocycles. The zero-order valence-corrected chi connectivity index (χ0v) is 20.7. The third-order valence-corrected chi connectivity index (χ3v) is 6.01. The van der Waals surface area contributed by atoms with E-state index in [1.165, 1.54) is 0 Å². The van der Waals surface area contributed by atoms with Gasteiger partial charge >= 0.3 is 5.97 Å². The Morgan fingerprint density at radius 1 is 0.533 bits per heavy atom. The van der Waals surface area contributed by atoms with Gasteiger partial charge in [-0.2, -0.15) is 0 Å². The van der Waals surface area contributed by atoms with Crippen LogP contribution in [0.25, 0.3) is 0 Å². The number of Topliss-reactive ketones (excluding diaryl/α,β-unsaturated/α-hetero) is 3. The number of carboxylic acid groups (broad SMARTS) is 1. The molecule has 30 heavy (non-hydrogen) atoms. The van der Waals surface area contributed by atoms with Crippen LogP contribution in [-0.2, 0) is 19.2 Å². The van der Waals surface area contributed by atoms with Crippen LogP contribution in [0.2, 0.25) is 0 Å². The van der Waals surface area contributed by atoms with Crippen LogP contribution in [0.1, 0.15) is 82.1 Å². The van der Waals surface area contributed by atoms with Crippen LogP contribution in [-0.4, -0.2) is 28.4 Å². The molecule has 1 N–H and O–H groups in total. The lowest BCUT2D eigenvalue weighted by molar-refractivity contribution is -0.151. The Labute approximate surface area is 183 Å². The number of carbonyl (C=O) groups excluding carboxylic acids is 3. The van der Waals surface area contributed by atoms with Crippen LogP contribution < -0.4 is 0 Å². The predicted molar refractivity (Wildman–Crippen MR) is 120 cm³/mol. The van der Waals surface area contributed by atoms with Gasteiger partial charge in [0.15, 0.2) is 0 Å². The second-order valence-electron chi connectivity index (χ2n) is 10.6. The van der Waals surface area contributed by atoms with E-state index in [1.54, 1.807) is 13.8 Å². The summed E-state index contributed by atoms with van der Waals surface area (Å²) >= 11 is 0. The minimum absolute atomic E-state index is 0.00831. The maximum atomic E-state index is 13.3. The van der Waals surface area contributed by atoms with Crippen LogP contribution >= 0.6 is 0 Å². The highest BCUT2D eigenvalue weighted by atomic mass is 16.4. The Bertz CT molecular complexity index is 601. The molecule has 174 valence electrons. The van der Waals surface area contributed by atoms with Gasteiger partial charge in [0.05, 0.1) is 12.3 Å². The lowest BCUT2D eigenvalue weighted by Crippen LogP contribution is -2.41. The molecule has 5 nitrogen and oxygen atoms in total. The van der Waals surface area contributed by atoms with Crippen LogP contribution in [0.3, 0.4) is 0 Å². The van der Waals surface area contributed by atoms with Crippen LogP contribution in [0, 0.1) is 53.3 Å². The summed E-state index contributed by atoms with van der Waals surface area (Å²) in [7, 11) is 0. The summed E-state index contributed by atoms with van der Waals surface area (Å²) in [6.45, 7) is 18.9. The van der Waals surface area contributed by atoms with E-state index in [1.807, 2.05) is 55.4 Å². The van der Waals surface area contributed by atoms with Crippen molar-refractivity contribution < 1.29 is 24.3 Å². The molecule has 0 saturated carbocycles. The lowest BCUT2D eigenvalue weighted by Gasteiger charge is -2.33. The fourth-order valence-electron chi connectivity index (χ4n) is 4.76. The molecule has 0 amide bonds. The number of carboxylic acids is 1. The van der Waals surface area contributed by atoms with E-state index in [2.05, 4.69) is 0 Å². The quantitative estimate of drug-likeness (QED) is 0.382. The largest absolute Gasteiger partial charge is 0.481 e. The van der Waals surface area contributed by atoms with E-state index in [-0.39, 0.29) is 53.4 Å². The van der Waals surface area contributed by atoms with Crippen LogP contribution in [0.4, 0.5) is 0 Å². The maximum Gasteiger partial charge on any atom is 0.307 e. The zero-order chi connectivity index (χ0) is 23.9. The molecule has 5 heteroatoms. The number of aliphatic carboxylic acids is 1. The summed E-state index contributed by atoms with van der Waals surface area (Å²) in [5.74, 6) is -4.27. The van der Waals surface area contributed by atoms with Crippen LogP contribution in [0.5, 0.6) is 0 Å². The fraction of sp³-hybridized carbons (Fsp3) is 0.840. The monoisotopic (exact) mass is 424 g/mol. The molecular formula is C25H44O5. The standard InChI is InChI=1S/C25H44O5/c1-13(2)11-18(26)21(14(3)4)22(15(5)6)19(27)12-20(28)23(16(7)8)24(17(9)10)25(29)30/h13-17,21-24H,11-12H2,1-10H3,(H,29,30). The summed E-state index contributed by atoms with van der Waals surface area (Å²) in [5, 5.41) is 9.68. The normalized spacial score (nSPS) is 16.2. The first kappa shape index (κ1) is 28.5. The molecule has 4 unspecified atom stereocenters. The topological polar surface area (TPSA) is 88.5 Å². The van der Waals surface area contributed by atoms with Gasteiger partial charge < -0.3 is 5.11 Å². The Balaban J connectivity index is 5.86. The Morgan fingerprint density at radius 2 is 0.833 bits per heavy atom. The highest BCUT2D eigenvalue weighted by Crippen LogP contribution is 2.34. The summed E-state index contributed by atoms with van der Waals surface area (Å²) in [6.07, 6.45) is 0.108. The molecule has 0 rings (SSSR count). The summed E-state index contributed by atoms with van der Waals surface area (Å²) in [4.78, 5) is 51.2. The van der Waals surface area contributed by atoms with E-state index in [0.29, 0.717) is 6.42 Å². The van der Waals surface area contributed by atoms with Crippen molar-refractivity contribution in [2.75, 3.05) is 0 Å². The minimum Gasteiger partial charge on any atom is -0.481 e. The Kier molecular flexibility index (Phi) is 11.7. The molecule has 0 fully saturated rings. The van der Waals surface area contributed by atoms with Crippen LogP contribution in [0.15, 0.2) is 0 Å². The van der Waals surface area contributed by atoms with Gasteiger partial charge in [0.25, 0.3) is 0 Å². The van der Waals surface area contributed by atoms with E-state index in [0.717, 1.165) is 0 Å². The van der Waals surface area contributed by atoms with Crippen molar-refractivity contribution in [1.29, 1.82) is 0 Å². The van der Waals surface area contributed by atoms with E-state index in [9.17, 15) is 24.3 Å². The van der Waals surface area contributed by atoms with Gasteiger partial charge in [-0.05, 0) is 29.6 Å². The molecule has 0 bridgehead atoms. The van der Waals surface area contributed by atoms with Gasteiger partial charge in [0.2, 0.25) is 0 Å². The first-order valence-electron chi connectivity index (χ1n) is 11.4. The van der Waals surface area contributed by atoms with E-state index in [4.69, 9.17) is 0 Å². The van der Waals surface area contributed by atoms with Gasteiger partial charge in [0.1, 0.15) is 17.3 Å². The predicted octanol–water partition coefficient (Wildman–Crippen LogP) is 5.30. The molecule has 0 heterocycles. The molecule has 0 spiro atoms. The zero-order valence-electron chi connectivity index (χ0n) is 20.7. The van der Waals surface area contributed by atoms with Crippen molar-refractivity contribution in [3.63, 3.8) is 0 Å².